The molecular formula is C9H13NO3. The Morgan fingerprint density at radius 3 is 3.08 bits per heavy atom. The lowest BCUT2D eigenvalue weighted by atomic mass is 10.3. The molecule has 13 heavy (non-hydrogen) atoms. The van der Waals surface area contributed by atoms with Crippen LogP contribution in [0.3, 0.4) is 0 Å². The van der Waals surface area contributed by atoms with Crippen LogP contribution in [0.1, 0.15) is 17.5 Å². The Bertz CT molecular complexity index is 256. The maximum absolute atomic E-state index is 11.3. The third kappa shape index (κ3) is 2.91. The Morgan fingerprint density at radius 1 is 1.77 bits per heavy atom. The van der Waals surface area contributed by atoms with Gasteiger partial charge in [0.2, 0.25) is 0 Å². The summed E-state index contributed by atoms with van der Waals surface area (Å²) in [6.07, 6.45) is 1.47. The highest BCUT2D eigenvalue weighted by Crippen LogP contribution is 1.99. The van der Waals surface area contributed by atoms with Gasteiger partial charge >= 0.3 is 0 Å². The van der Waals surface area contributed by atoms with Crippen LogP contribution in [0.2, 0.25) is 0 Å². The van der Waals surface area contributed by atoms with Crippen LogP contribution in [-0.2, 0) is 4.74 Å². The second-order valence-electron chi connectivity index (χ2n) is 2.81. The summed E-state index contributed by atoms with van der Waals surface area (Å²) in [5, 5.41) is 2.73. The predicted octanol–water partition coefficient (Wildman–Crippen LogP) is 1.04. The van der Waals surface area contributed by atoms with Gasteiger partial charge in [-0.3, -0.25) is 4.79 Å². The predicted molar refractivity (Wildman–Crippen MR) is 47.5 cm³/mol. The van der Waals surface area contributed by atoms with E-state index in [2.05, 4.69) is 5.32 Å². The van der Waals surface area contributed by atoms with Gasteiger partial charge in [0.15, 0.2) is 5.76 Å². The van der Waals surface area contributed by atoms with Gasteiger partial charge in [-0.25, -0.2) is 0 Å². The lowest BCUT2D eigenvalue weighted by Gasteiger charge is -2.10. The normalized spacial score (nSPS) is 12.5. The van der Waals surface area contributed by atoms with Crippen molar-refractivity contribution in [1.82, 2.24) is 5.32 Å². The summed E-state index contributed by atoms with van der Waals surface area (Å²) in [5.41, 5.74) is 0. The van der Waals surface area contributed by atoms with Gasteiger partial charge in [0, 0.05) is 13.2 Å². The van der Waals surface area contributed by atoms with E-state index in [1.807, 2.05) is 6.92 Å². The van der Waals surface area contributed by atoms with Gasteiger partial charge in [-0.15, -0.1) is 0 Å². The minimum atomic E-state index is -0.213. The molecule has 0 aliphatic rings. The number of furan rings is 1. The molecule has 72 valence electrons. The smallest absolute Gasteiger partial charge is 0.287 e. The standard InChI is InChI=1S/C9H13NO3/c1-7(6-12-2)10-9(11)8-4-3-5-13-8/h3-5,7H,6H2,1-2H3,(H,10,11)/t7-/m0/s1. The monoisotopic (exact) mass is 183 g/mol. The first-order valence-corrected chi connectivity index (χ1v) is 4.07. The first kappa shape index (κ1) is 9.80. The zero-order chi connectivity index (χ0) is 9.68. The molecule has 1 heterocycles. The van der Waals surface area contributed by atoms with Crippen LogP contribution in [-0.4, -0.2) is 25.7 Å². The van der Waals surface area contributed by atoms with Gasteiger partial charge < -0.3 is 14.5 Å². The fourth-order valence-electron chi connectivity index (χ4n) is 0.994. The zero-order valence-corrected chi connectivity index (χ0v) is 7.74. The summed E-state index contributed by atoms with van der Waals surface area (Å²) in [6.45, 7) is 2.36. The van der Waals surface area contributed by atoms with Crippen LogP contribution in [0.4, 0.5) is 0 Å². The van der Waals surface area contributed by atoms with E-state index >= 15 is 0 Å². The molecule has 4 heteroatoms. The van der Waals surface area contributed by atoms with Crippen LogP contribution >= 0.6 is 0 Å². The van der Waals surface area contributed by atoms with Gasteiger partial charge in [-0.05, 0) is 19.1 Å². The number of ether oxygens (including phenoxy) is 1. The molecule has 0 fully saturated rings. The van der Waals surface area contributed by atoms with Crippen molar-refractivity contribution in [3.8, 4) is 0 Å². The average Bonchev–Trinajstić information content (AvgIpc) is 2.55. The number of hydrogen-bond acceptors (Lipinski definition) is 3. The van der Waals surface area contributed by atoms with Crippen molar-refractivity contribution in [2.75, 3.05) is 13.7 Å². The van der Waals surface area contributed by atoms with Gasteiger partial charge in [-0.1, -0.05) is 0 Å². The highest BCUT2D eigenvalue weighted by Gasteiger charge is 2.10. The summed E-state index contributed by atoms with van der Waals surface area (Å²) in [6, 6.07) is 3.28. The summed E-state index contributed by atoms with van der Waals surface area (Å²) < 4.78 is 9.80. The average molecular weight is 183 g/mol. The number of amides is 1. The van der Waals surface area contributed by atoms with E-state index in [0.29, 0.717) is 12.4 Å². The minimum absolute atomic E-state index is 0.0115. The van der Waals surface area contributed by atoms with Gasteiger partial charge in [-0.2, -0.15) is 0 Å². The van der Waals surface area contributed by atoms with Crippen molar-refractivity contribution in [1.29, 1.82) is 0 Å². The van der Waals surface area contributed by atoms with Crippen LogP contribution in [0.5, 0.6) is 0 Å². The zero-order valence-electron chi connectivity index (χ0n) is 7.74. The van der Waals surface area contributed by atoms with E-state index in [1.165, 1.54) is 6.26 Å². The van der Waals surface area contributed by atoms with E-state index in [0.717, 1.165) is 0 Å². The molecule has 1 atom stereocenters. The third-order valence-corrected chi connectivity index (χ3v) is 1.54. The van der Waals surface area contributed by atoms with Crippen LogP contribution in [0.25, 0.3) is 0 Å². The van der Waals surface area contributed by atoms with Gasteiger partial charge in [0.25, 0.3) is 5.91 Å². The second-order valence-corrected chi connectivity index (χ2v) is 2.81. The van der Waals surface area contributed by atoms with Gasteiger partial charge in [0.05, 0.1) is 12.9 Å². The second kappa shape index (κ2) is 4.67. The molecule has 0 spiro atoms. The first-order valence-electron chi connectivity index (χ1n) is 4.07. The van der Waals surface area contributed by atoms with Crippen molar-refractivity contribution in [2.24, 2.45) is 0 Å². The third-order valence-electron chi connectivity index (χ3n) is 1.54. The number of nitrogens with one attached hydrogen (secondary N) is 1. The van der Waals surface area contributed by atoms with E-state index < -0.39 is 0 Å². The Hall–Kier alpha value is -1.29. The molecule has 0 unspecified atom stereocenters. The summed E-state index contributed by atoms with van der Waals surface area (Å²) in [4.78, 5) is 11.3. The topological polar surface area (TPSA) is 51.5 Å². The van der Waals surface area contributed by atoms with E-state index in [1.54, 1.807) is 19.2 Å². The Morgan fingerprint density at radius 2 is 2.54 bits per heavy atom. The molecular weight excluding hydrogens is 170 g/mol. The highest BCUT2D eigenvalue weighted by molar-refractivity contribution is 5.91. The molecule has 0 radical (unpaired) electrons. The number of hydrogen-bond donors (Lipinski definition) is 1. The number of methoxy groups -OCH3 is 1. The highest BCUT2D eigenvalue weighted by atomic mass is 16.5. The molecule has 1 aromatic rings. The van der Waals surface area contributed by atoms with Crippen LogP contribution in [0.15, 0.2) is 22.8 Å². The summed E-state index contributed by atoms with van der Waals surface area (Å²) in [7, 11) is 1.59. The molecule has 0 aliphatic carbocycles. The van der Waals surface area contributed by atoms with Crippen molar-refractivity contribution < 1.29 is 13.9 Å². The summed E-state index contributed by atoms with van der Waals surface area (Å²) in [5.74, 6) is 0.109. The molecule has 1 rings (SSSR count). The molecule has 0 aliphatic heterocycles. The van der Waals surface area contributed by atoms with Gasteiger partial charge in [0.1, 0.15) is 0 Å². The molecule has 1 amide bonds. The van der Waals surface area contributed by atoms with Crippen molar-refractivity contribution in [3.63, 3.8) is 0 Å². The molecule has 0 saturated carbocycles. The first-order chi connectivity index (χ1) is 6.24. The van der Waals surface area contributed by atoms with Crippen molar-refractivity contribution in [2.45, 2.75) is 13.0 Å². The quantitative estimate of drug-likeness (QED) is 0.758. The SMILES string of the molecule is COC[C@H](C)NC(=O)c1ccco1. The maximum atomic E-state index is 11.3. The number of carbonyl (C=O) groups is 1. The Kier molecular flexibility index (Phi) is 3.52. The Balaban J connectivity index is 2.42. The maximum Gasteiger partial charge on any atom is 0.287 e. The van der Waals surface area contributed by atoms with Crippen LogP contribution in [0, 0.1) is 0 Å². The van der Waals surface area contributed by atoms with Crippen molar-refractivity contribution in [3.05, 3.63) is 24.2 Å². The minimum Gasteiger partial charge on any atom is -0.459 e. The van der Waals surface area contributed by atoms with Crippen LogP contribution < -0.4 is 5.32 Å². The molecule has 1 aromatic heterocycles. The largest absolute Gasteiger partial charge is 0.459 e. The number of carbonyl (C=O) groups excluding carboxylic acids is 1. The van der Waals surface area contributed by atoms with Crippen molar-refractivity contribution >= 4 is 5.91 Å². The molecule has 1 N–H and O–H groups in total. The molecule has 0 aromatic carbocycles. The van der Waals surface area contributed by atoms with E-state index in [-0.39, 0.29) is 11.9 Å². The fraction of sp³-hybridized carbons (Fsp3) is 0.444. The van der Waals surface area contributed by atoms with E-state index in [9.17, 15) is 4.79 Å². The lowest BCUT2D eigenvalue weighted by molar-refractivity contribution is 0.0878. The Labute approximate surface area is 76.9 Å². The molecule has 0 saturated heterocycles. The molecule has 0 bridgehead atoms. The number of rotatable bonds is 4. The molecule has 4 nitrogen and oxygen atoms in total. The lowest BCUT2D eigenvalue weighted by Crippen LogP contribution is -2.35. The fourth-order valence-corrected chi connectivity index (χ4v) is 0.994. The van der Waals surface area contributed by atoms with E-state index in [4.69, 9.17) is 9.15 Å². The summed E-state index contributed by atoms with van der Waals surface area (Å²) >= 11 is 0.